The maximum absolute atomic E-state index is 5.66. The number of hydrogen-bond donors (Lipinski definition) is 1. The summed E-state index contributed by atoms with van der Waals surface area (Å²) in [5.74, 6) is 3.36. The molecule has 0 spiro atoms. The van der Waals surface area contributed by atoms with E-state index in [4.69, 9.17) is 14.2 Å². The average molecular weight is 392 g/mol. The Morgan fingerprint density at radius 3 is 2.75 bits per heavy atom. The van der Waals surface area contributed by atoms with Crippen LogP contribution in [0, 0.1) is 5.92 Å². The highest BCUT2D eigenvalue weighted by atomic mass is 16.5. The molecule has 0 saturated carbocycles. The summed E-state index contributed by atoms with van der Waals surface area (Å²) in [5, 5.41) is 3.48. The van der Waals surface area contributed by atoms with Crippen molar-refractivity contribution in [2.24, 2.45) is 10.9 Å². The first-order chi connectivity index (χ1) is 13.7. The van der Waals surface area contributed by atoms with Gasteiger partial charge in [0.05, 0.1) is 13.7 Å². The third-order valence-corrected chi connectivity index (χ3v) is 5.24. The van der Waals surface area contributed by atoms with Crippen LogP contribution in [0.3, 0.4) is 0 Å². The van der Waals surface area contributed by atoms with Crippen LogP contribution in [0.4, 0.5) is 0 Å². The van der Waals surface area contributed by atoms with Crippen molar-refractivity contribution in [2.75, 3.05) is 54.1 Å². The minimum Gasteiger partial charge on any atom is -0.493 e. The van der Waals surface area contributed by atoms with E-state index in [1.54, 1.807) is 7.11 Å². The van der Waals surface area contributed by atoms with Crippen molar-refractivity contribution in [3.8, 4) is 11.5 Å². The lowest BCUT2D eigenvalue weighted by atomic mass is 9.96. The molecule has 28 heavy (non-hydrogen) atoms. The molecule has 1 aromatic carbocycles. The minimum atomic E-state index is 0.637. The maximum atomic E-state index is 5.66. The maximum Gasteiger partial charge on any atom is 0.193 e. The second kappa shape index (κ2) is 12.5. The highest BCUT2D eigenvalue weighted by molar-refractivity contribution is 5.79. The Bertz CT molecular complexity index is 601. The first-order valence-electron chi connectivity index (χ1n) is 10.5. The highest BCUT2D eigenvalue weighted by Crippen LogP contribution is 2.28. The molecule has 0 aliphatic carbocycles. The van der Waals surface area contributed by atoms with Crippen LogP contribution >= 0.6 is 0 Å². The Kier molecular flexibility index (Phi) is 9.97. The van der Waals surface area contributed by atoms with E-state index in [2.05, 4.69) is 34.4 Å². The second-order valence-electron chi connectivity index (χ2n) is 7.26. The van der Waals surface area contributed by atoms with E-state index in [9.17, 15) is 0 Å². The van der Waals surface area contributed by atoms with Crippen molar-refractivity contribution in [1.29, 1.82) is 0 Å². The summed E-state index contributed by atoms with van der Waals surface area (Å²) in [6.45, 7) is 6.37. The third kappa shape index (κ3) is 7.23. The Hall–Kier alpha value is -1.95. The summed E-state index contributed by atoms with van der Waals surface area (Å²) in [4.78, 5) is 6.66. The van der Waals surface area contributed by atoms with E-state index in [0.717, 1.165) is 62.5 Å². The fraction of sp³-hybridized carbons (Fsp3) is 0.682. The van der Waals surface area contributed by atoms with Crippen molar-refractivity contribution in [3.05, 3.63) is 23.8 Å². The van der Waals surface area contributed by atoms with Gasteiger partial charge in [-0.2, -0.15) is 0 Å². The standard InChI is InChI=1S/C22H37N3O3/c1-5-28-21-17-19(8-9-20(21)26-4)7-6-13-24-22(23-2)25(3)14-10-18-11-15-27-16-12-18/h8-9,17-18H,5-7,10-16H2,1-4H3,(H,23,24). The van der Waals surface area contributed by atoms with Gasteiger partial charge in [0.2, 0.25) is 0 Å². The van der Waals surface area contributed by atoms with Crippen LogP contribution in [0.15, 0.2) is 23.2 Å². The second-order valence-corrected chi connectivity index (χ2v) is 7.26. The lowest BCUT2D eigenvalue weighted by Crippen LogP contribution is -2.40. The zero-order valence-electron chi connectivity index (χ0n) is 18.0. The van der Waals surface area contributed by atoms with Crippen LogP contribution in [-0.4, -0.2) is 65.0 Å². The molecule has 1 heterocycles. The molecule has 158 valence electrons. The fourth-order valence-corrected chi connectivity index (χ4v) is 3.54. The van der Waals surface area contributed by atoms with Gasteiger partial charge in [-0.05, 0) is 62.6 Å². The molecule has 0 atom stereocenters. The van der Waals surface area contributed by atoms with E-state index in [-0.39, 0.29) is 0 Å². The molecule has 0 unspecified atom stereocenters. The Labute approximate surface area is 170 Å². The van der Waals surface area contributed by atoms with Gasteiger partial charge in [0.15, 0.2) is 17.5 Å². The van der Waals surface area contributed by atoms with Crippen LogP contribution in [0.2, 0.25) is 0 Å². The zero-order valence-corrected chi connectivity index (χ0v) is 18.0. The molecule has 6 heteroatoms. The number of methoxy groups -OCH3 is 1. The number of aliphatic imine (C=N–C) groups is 1. The van der Waals surface area contributed by atoms with Crippen molar-refractivity contribution in [3.63, 3.8) is 0 Å². The molecule has 0 amide bonds. The third-order valence-electron chi connectivity index (χ3n) is 5.24. The van der Waals surface area contributed by atoms with Gasteiger partial charge in [-0.3, -0.25) is 4.99 Å². The number of aryl methyl sites for hydroxylation is 1. The molecule has 1 aromatic rings. The molecule has 1 aliphatic heterocycles. The number of ether oxygens (including phenoxy) is 3. The lowest BCUT2D eigenvalue weighted by Gasteiger charge is -2.26. The van der Waals surface area contributed by atoms with E-state index in [0.29, 0.717) is 6.61 Å². The molecule has 1 fully saturated rings. The summed E-state index contributed by atoms with van der Waals surface area (Å²) < 4.78 is 16.5. The van der Waals surface area contributed by atoms with Crippen LogP contribution < -0.4 is 14.8 Å². The van der Waals surface area contributed by atoms with Gasteiger partial charge in [-0.25, -0.2) is 0 Å². The molecule has 1 aliphatic rings. The smallest absolute Gasteiger partial charge is 0.193 e. The van der Waals surface area contributed by atoms with Crippen LogP contribution in [0.1, 0.15) is 38.2 Å². The SMILES string of the molecule is CCOc1cc(CCCNC(=NC)N(C)CCC2CCOCC2)ccc1OC. The predicted molar refractivity (Wildman–Crippen MR) is 115 cm³/mol. The summed E-state index contributed by atoms with van der Waals surface area (Å²) in [7, 11) is 5.64. The number of hydrogen-bond acceptors (Lipinski definition) is 4. The summed E-state index contributed by atoms with van der Waals surface area (Å²) in [5.41, 5.74) is 1.26. The summed E-state index contributed by atoms with van der Waals surface area (Å²) >= 11 is 0. The van der Waals surface area contributed by atoms with Gasteiger partial charge in [0.1, 0.15) is 0 Å². The minimum absolute atomic E-state index is 0.637. The monoisotopic (exact) mass is 391 g/mol. The van der Waals surface area contributed by atoms with Crippen LogP contribution in [0.25, 0.3) is 0 Å². The number of nitrogens with zero attached hydrogens (tertiary/aromatic N) is 2. The molecular weight excluding hydrogens is 354 g/mol. The number of guanidine groups is 1. The Balaban J connectivity index is 1.72. The van der Waals surface area contributed by atoms with E-state index in [1.165, 1.54) is 24.8 Å². The quantitative estimate of drug-likeness (QED) is 0.377. The largest absolute Gasteiger partial charge is 0.493 e. The molecule has 1 saturated heterocycles. The molecule has 1 N–H and O–H groups in total. The van der Waals surface area contributed by atoms with E-state index in [1.807, 2.05) is 20.0 Å². The van der Waals surface area contributed by atoms with Crippen molar-refractivity contribution in [2.45, 2.75) is 39.0 Å². The van der Waals surface area contributed by atoms with Gasteiger partial charge in [-0.15, -0.1) is 0 Å². The number of rotatable bonds is 10. The number of nitrogens with one attached hydrogen (secondary N) is 1. The predicted octanol–water partition coefficient (Wildman–Crippen LogP) is 3.35. The highest BCUT2D eigenvalue weighted by Gasteiger charge is 2.15. The van der Waals surface area contributed by atoms with Crippen molar-refractivity contribution < 1.29 is 14.2 Å². The topological polar surface area (TPSA) is 55.3 Å². The zero-order chi connectivity index (χ0) is 20.2. The molecular formula is C22H37N3O3. The average Bonchev–Trinajstić information content (AvgIpc) is 2.73. The van der Waals surface area contributed by atoms with Gasteiger partial charge in [-0.1, -0.05) is 6.07 Å². The molecule has 0 bridgehead atoms. The van der Waals surface area contributed by atoms with Gasteiger partial charge >= 0.3 is 0 Å². The van der Waals surface area contributed by atoms with Gasteiger partial charge in [0, 0.05) is 40.4 Å². The summed E-state index contributed by atoms with van der Waals surface area (Å²) in [6.07, 6.45) is 5.59. The van der Waals surface area contributed by atoms with E-state index < -0.39 is 0 Å². The molecule has 0 radical (unpaired) electrons. The fourth-order valence-electron chi connectivity index (χ4n) is 3.54. The van der Waals surface area contributed by atoms with E-state index >= 15 is 0 Å². The molecule has 2 rings (SSSR count). The number of benzene rings is 1. The van der Waals surface area contributed by atoms with Gasteiger partial charge < -0.3 is 24.4 Å². The van der Waals surface area contributed by atoms with Crippen molar-refractivity contribution >= 4 is 5.96 Å². The first kappa shape index (κ1) is 22.3. The Morgan fingerprint density at radius 2 is 2.07 bits per heavy atom. The van der Waals surface area contributed by atoms with Crippen LogP contribution in [-0.2, 0) is 11.2 Å². The van der Waals surface area contributed by atoms with Crippen molar-refractivity contribution in [1.82, 2.24) is 10.2 Å². The molecule has 6 nitrogen and oxygen atoms in total. The molecule has 0 aromatic heterocycles. The lowest BCUT2D eigenvalue weighted by molar-refractivity contribution is 0.0625. The van der Waals surface area contributed by atoms with Gasteiger partial charge in [0.25, 0.3) is 0 Å². The Morgan fingerprint density at radius 1 is 1.29 bits per heavy atom. The van der Waals surface area contributed by atoms with Crippen LogP contribution in [0.5, 0.6) is 11.5 Å². The summed E-state index contributed by atoms with van der Waals surface area (Å²) in [6, 6.07) is 6.17. The normalized spacial score (nSPS) is 15.4. The first-order valence-corrected chi connectivity index (χ1v) is 10.5.